The van der Waals surface area contributed by atoms with Crippen molar-refractivity contribution < 1.29 is 14.2 Å². The van der Waals surface area contributed by atoms with Crippen LogP contribution in [0.5, 0.6) is 5.75 Å². The van der Waals surface area contributed by atoms with Crippen molar-refractivity contribution >= 4 is 28.9 Å². The molecule has 0 aromatic heterocycles. The second-order valence-corrected chi connectivity index (χ2v) is 11.2. The van der Waals surface area contributed by atoms with Crippen molar-refractivity contribution in [2.45, 2.75) is 69.7 Å². The summed E-state index contributed by atoms with van der Waals surface area (Å²) >= 11 is 12.2. The van der Waals surface area contributed by atoms with E-state index in [2.05, 4.69) is 11.4 Å². The first-order chi connectivity index (χ1) is 18.1. The van der Waals surface area contributed by atoms with Gasteiger partial charge in [-0.3, -0.25) is 0 Å². The Kier molecular flexibility index (Phi) is 9.07. The zero-order chi connectivity index (χ0) is 27.3. The minimum Gasteiger partial charge on any atom is -0.483 e. The van der Waals surface area contributed by atoms with E-state index in [0.29, 0.717) is 15.6 Å². The number of rotatable bonds is 8. The molecule has 38 heavy (non-hydrogen) atoms. The fourth-order valence-electron chi connectivity index (χ4n) is 4.37. The zero-order valence-corrected chi connectivity index (χ0v) is 23.7. The van der Waals surface area contributed by atoms with E-state index in [0.717, 1.165) is 36.3 Å². The Morgan fingerprint density at radius 3 is 2.21 bits per heavy atom. The lowest BCUT2D eigenvalue weighted by Gasteiger charge is -2.24. The molecule has 2 saturated carbocycles. The molecule has 202 valence electrons. The van der Waals surface area contributed by atoms with Gasteiger partial charge in [0, 0.05) is 28.3 Å². The molecule has 0 aliphatic heterocycles. The molecule has 0 heterocycles. The first-order valence-corrected chi connectivity index (χ1v) is 14.0. The predicted octanol–water partition coefficient (Wildman–Crippen LogP) is 9.01. The van der Waals surface area contributed by atoms with Crippen molar-refractivity contribution in [3.63, 3.8) is 0 Å². The maximum absolute atomic E-state index is 14.2. The van der Waals surface area contributed by atoms with Crippen LogP contribution in [0.4, 0.5) is 10.1 Å². The summed E-state index contributed by atoms with van der Waals surface area (Å²) in [5.74, 6) is 0.854. The standard InChI is InChI=1S/C16H15Cl2NO.C16H21FO/c1-19-12-3-5-13(6-4-12)20-16(8-9-16)14-7-2-11(17)10-15(14)18;1-12(18)16(2,17)15-10-8-14(9-11-15)7-6-13-4-3-5-13/h2-7,10,19H,8-9H2,1H3;6,8-12,18H,3-5,7H2,1-2H3. The normalized spacial score (nSPS) is 17.7. The quantitative estimate of drug-likeness (QED) is 0.272. The van der Waals surface area contributed by atoms with Gasteiger partial charge in [-0.2, -0.15) is 0 Å². The first kappa shape index (κ1) is 28.5. The van der Waals surface area contributed by atoms with Crippen molar-refractivity contribution in [3.8, 4) is 5.75 Å². The second-order valence-electron chi connectivity index (χ2n) is 10.4. The molecule has 0 saturated heterocycles. The zero-order valence-electron chi connectivity index (χ0n) is 22.2. The number of alkyl halides is 1. The van der Waals surface area contributed by atoms with Gasteiger partial charge in [0.05, 0.1) is 6.10 Å². The Bertz CT molecular complexity index is 1240. The number of ether oxygens (including phenoxy) is 1. The van der Waals surface area contributed by atoms with E-state index in [4.69, 9.17) is 27.9 Å². The third-order valence-electron chi connectivity index (χ3n) is 7.51. The molecular weight excluding hydrogens is 520 g/mol. The molecule has 3 aromatic carbocycles. The predicted molar refractivity (Wildman–Crippen MR) is 156 cm³/mol. The molecule has 2 aliphatic rings. The van der Waals surface area contributed by atoms with Crippen LogP contribution in [0.25, 0.3) is 0 Å². The van der Waals surface area contributed by atoms with Crippen LogP contribution in [-0.2, 0) is 17.7 Å². The lowest BCUT2D eigenvalue weighted by molar-refractivity contribution is 0.0135. The molecule has 0 amide bonds. The molecule has 6 heteroatoms. The van der Waals surface area contributed by atoms with E-state index >= 15 is 0 Å². The van der Waals surface area contributed by atoms with Gasteiger partial charge >= 0.3 is 0 Å². The molecule has 2 atom stereocenters. The highest BCUT2D eigenvalue weighted by Crippen LogP contribution is 2.51. The van der Waals surface area contributed by atoms with Crippen LogP contribution < -0.4 is 10.1 Å². The third kappa shape index (κ3) is 6.91. The highest BCUT2D eigenvalue weighted by Gasteiger charge is 2.48. The van der Waals surface area contributed by atoms with Crippen molar-refractivity contribution in [3.05, 3.63) is 105 Å². The Labute approximate surface area is 235 Å². The van der Waals surface area contributed by atoms with Gasteiger partial charge in [0.25, 0.3) is 0 Å². The summed E-state index contributed by atoms with van der Waals surface area (Å²) in [6, 6.07) is 21.0. The number of halogens is 3. The van der Waals surface area contributed by atoms with Crippen LogP contribution in [0.1, 0.15) is 62.6 Å². The van der Waals surface area contributed by atoms with E-state index in [1.54, 1.807) is 23.8 Å². The molecule has 2 N–H and O–H groups in total. The monoisotopic (exact) mass is 555 g/mol. The molecule has 0 bridgehead atoms. The number of allylic oxidation sites excluding steroid dienone is 2. The first-order valence-electron chi connectivity index (χ1n) is 13.2. The molecule has 3 nitrogen and oxygen atoms in total. The van der Waals surface area contributed by atoms with Crippen LogP contribution in [-0.4, -0.2) is 18.3 Å². The number of aliphatic hydroxyl groups excluding tert-OH is 1. The summed E-state index contributed by atoms with van der Waals surface area (Å²) in [6.45, 7) is 2.90. The van der Waals surface area contributed by atoms with Gasteiger partial charge in [-0.05, 0) is 99.9 Å². The van der Waals surface area contributed by atoms with Crippen LogP contribution in [0.2, 0.25) is 10.0 Å². The average molecular weight is 557 g/mol. The van der Waals surface area contributed by atoms with Gasteiger partial charge in [0.2, 0.25) is 0 Å². The molecule has 3 aromatic rings. The minimum atomic E-state index is -1.68. The second kappa shape index (κ2) is 12.1. The van der Waals surface area contributed by atoms with E-state index in [9.17, 15) is 9.50 Å². The fourth-order valence-corrected chi connectivity index (χ4v) is 4.95. The highest BCUT2D eigenvalue weighted by molar-refractivity contribution is 6.35. The molecule has 2 aliphatic carbocycles. The third-order valence-corrected chi connectivity index (χ3v) is 8.06. The summed E-state index contributed by atoms with van der Waals surface area (Å²) in [7, 11) is 1.89. The van der Waals surface area contributed by atoms with Gasteiger partial charge < -0.3 is 15.2 Å². The van der Waals surface area contributed by atoms with E-state index < -0.39 is 11.8 Å². The molecular formula is C32H36Cl2FNO2. The van der Waals surface area contributed by atoms with Gasteiger partial charge in [0.15, 0.2) is 5.67 Å². The van der Waals surface area contributed by atoms with Crippen LogP contribution in [0.3, 0.4) is 0 Å². The van der Waals surface area contributed by atoms with Gasteiger partial charge in [-0.15, -0.1) is 0 Å². The maximum Gasteiger partial charge on any atom is 0.158 e. The average Bonchev–Trinajstić information content (AvgIpc) is 3.64. The van der Waals surface area contributed by atoms with E-state index in [1.807, 2.05) is 55.6 Å². The maximum atomic E-state index is 14.2. The Morgan fingerprint density at radius 2 is 1.71 bits per heavy atom. The summed E-state index contributed by atoms with van der Waals surface area (Å²) in [5.41, 5.74) is 3.39. The number of anilines is 1. The lowest BCUT2D eigenvalue weighted by atomic mass is 9.90. The largest absolute Gasteiger partial charge is 0.483 e. The van der Waals surface area contributed by atoms with Crippen molar-refractivity contribution in [1.82, 2.24) is 0 Å². The molecule has 2 unspecified atom stereocenters. The Morgan fingerprint density at radius 1 is 1.05 bits per heavy atom. The Hall–Kier alpha value is -2.53. The van der Waals surface area contributed by atoms with Crippen molar-refractivity contribution in [2.75, 3.05) is 12.4 Å². The Balaban J connectivity index is 0.000000178. The number of hydrogen-bond acceptors (Lipinski definition) is 3. The summed E-state index contributed by atoms with van der Waals surface area (Å²) in [4.78, 5) is 0. The van der Waals surface area contributed by atoms with Gasteiger partial charge in [-0.25, -0.2) is 4.39 Å². The number of hydrogen-bond donors (Lipinski definition) is 2. The summed E-state index contributed by atoms with van der Waals surface area (Å²) < 4.78 is 20.4. The number of benzene rings is 3. The summed E-state index contributed by atoms with van der Waals surface area (Å²) in [6.07, 6.45) is 7.95. The molecule has 0 radical (unpaired) electrons. The van der Waals surface area contributed by atoms with Crippen LogP contribution in [0.15, 0.2) is 78.4 Å². The van der Waals surface area contributed by atoms with E-state index in [-0.39, 0.29) is 5.60 Å². The van der Waals surface area contributed by atoms with E-state index in [1.165, 1.54) is 38.7 Å². The molecule has 0 spiro atoms. The number of aliphatic hydroxyl groups is 1. The highest BCUT2D eigenvalue weighted by atomic mass is 35.5. The van der Waals surface area contributed by atoms with Crippen LogP contribution >= 0.6 is 23.2 Å². The van der Waals surface area contributed by atoms with Crippen LogP contribution in [0, 0.1) is 0 Å². The van der Waals surface area contributed by atoms with Crippen molar-refractivity contribution in [2.24, 2.45) is 0 Å². The van der Waals surface area contributed by atoms with Gasteiger partial charge in [0.1, 0.15) is 11.4 Å². The molecule has 5 rings (SSSR count). The van der Waals surface area contributed by atoms with Crippen molar-refractivity contribution in [1.29, 1.82) is 0 Å². The summed E-state index contributed by atoms with van der Waals surface area (Å²) in [5, 5.41) is 13.8. The number of nitrogens with one attached hydrogen (secondary N) is 1. The smallest absolute Gasteiger partial charge is 0.158 e. The topological polar surface area (TPSA) is 41.5 Å². The molecule has 2 fully saturated rings. The SMILES string of the molecule is CC(O)C(C)(F)c1ccc(CC=C2CCC2)cc1.CNc1ccc(OC2(c3ccc(Cl)cc3Cl)CC2)cc1. The minimum absolute atomic E-state index is 0.289. The fraction of sp³-hybridized carbons (Fsp3) is 0.375. The lowest BCUT2D eigenvalue weighted by Crippen LogP contribution is -2.29. The van der Waals surface area contributed by atoms with Gasteiger partial charge in [-0.1, -0.05) is 65.2 Å².